The number of methoxy groups -OCH3 is 2. The molecule has 4 heteroatoms. The quantitative estimate of drug-likeness (QED) is 0.340. The van der Waals surface area contributed by atoms with Crippen LogP contribution < -0.4 is 9.47 Å². The minimum Gasteiger partial charge on any atom is -0.497 e. The summed E-state index contributed by atoms with van der Waals surface area (Å²) in [7, 11) is 3.19. The molecule has 0 aromatic heterocycles. The zero-order valence-corrected chi connectivity index (χ0v) is 19.0. The van der Waals surface area contributed by atoms with E-state index in [0.29, 0.717) is 5.75 Å². The van der Waals surface area contributed by atoms with E-state index in [1.165, 1.54) is 34.6 Å². The van der Waals surface area contributed by atoms with Gasteiger partial charge < -0.3 is 14.6 Å². The van der Waals surface area contributed by atoms with Crippen LogP contribution in [0.5, 0.6) is 11.5 Å². The van der Waals surface area contributed by atoms with Crippen LogP contribution in [0.4, 0.5) is 0 Å². The third kappa shape index (κ3) is 5.53. The van der Waals surface area contributed by atoms with Crippen molar-refractivity contribution in [2.75, 3.05) is 14.2 Å². The maximum atomic E-state index is 11.3. The Labute approximate surface area is 194 Å². The number of fused-ring (bicyclic) bond motifs is 1. The average Bonchev–Trinajstić information content (AvgIpc) is 2.85. The van der Waals surface area contributed by atoms with E-state index in [2.05, 4.69) is 60.7 Å². The molecule has 4 rings (SSSR count). The SMILES string of the molecule is COc1cc(CCc2ccc(C(=O)O)c(OC)c2)cc(CCc2ccc3ccccc3c2)c1. The molecule has 33 heavy (non-hydrogen) atoms. The second kappa shape index (κ2) is 10.2. The fraction of sp³-hybridized carbons (Fsp3) is 0.207. The van der Waals surface area contributed by atoms with Gasteiger partial charge in [0.05, 0.1) is 14.2 Å². The van der Waals surface area contributed by atoms with Gasteiger partial charge >= 0.3 is 5.97 Å². The number of carboxylic acid groups (broad SMARTS) is 1. The zero-order chi connectivity index (χ0) is 23.2. The van der Waals surface area contributed by atoms with Crippen LogP contribution in [0, 0.1) is 0 Å². The van der Waals surface area contributed by atoms with Crippen LogP contribution in [0.1, 0.15) is 32.6 Å². The van der Waals surface area contributed by atoms with Crippen molar-refractivity contribution in [1.82, 2.24) is 0 Å². The third-order valence-electron chi connectivity index (χ3n) is 5.98. The van der Waals surface area contributed by atoms with Crippen LogP contribution in [0.2, 0.25) is 0 Å². The molecule has 0 aliphatic carbocycles. The van der Waals surface area contributed by atoms with Gasteiger partial charge in [-0.1, -0.05) is 54.6 Å². The number of hydrogen-bond acceptors (Lipinski definition) is 3. The molecule has 0 aliphatic rings. The first-order valence-corrected chi connectivity index (χ1v) is 11.1. The van der Waals surface area contributed by atoms with Crippen molar-refractivity contribution in [3.8, 4) is 11.5 Å². The normalized spacial score (nSPS) is 10.8. The molecule has 0 heterocycles. The lowest BCUT2D eigenvalue weighted by Crippen LogP contribution is -2.02. The Balaban J connectivity index is 1.46. The van der Waals surface area contributed by atoms with Gasteiger partial charge in [0.15, 0.2) is 0 Å². The molecule has 1 N–H and O–H groups in total. The van der Waals surface area contributed by atoms with E-state index in [1.54, 1.807) is 13.2 Å². The molecular weight excluding hydrogens is 412 g/mol. The van der Waals surface area contributed by atoms with Crippen molar-refractivity contribution >= 4 is 16.7 Å². The van der Waals surface area contributed by atoms with Gasteiger partial charge in [-0.2, -0.15) is 0 Å². The minimum atomic E-state index is -0.984. The Morgan fingerprint density at radius 2 is 1.27 bits per heavy atom. The summed E-state index contributed by atoms with van der Waals surface area (Å²) >= 11 is 0. The molecule has 0 bridgehead atoms. The predicted molar refractivity (Wildman–Crippen MR) is 132 cm³/mol. The molecule has 0 unspecified atom stereocenters. The Kier molecular flexibility index (Phi) is 6.94. The van der Waals surface area contributed by atoms with Crippen molar-refractivity contribution in [2.24, 2.45) is 0 Å². The highest BCUT2D eigenvalue weighted by Crippen LogP contribution is 2.24. The van der Waals surface area contributed by atoms with Crippen LogP contribution in [0.25, 0.3) is 10.8 Å². The molecule has 0 radical (unpaired) electrons. The van der Waals surface area contributed by atoms with Crippen molar-refractivity contribution < 1.29 is 19.4 Å². The standard InChI is InChI=1S/C29H28O4/c1-32-26-17-22(9-7-20-11-13-24-5-3-4-6-25(24)16-20)15-23(18-26)10-8-21-12-14-27(29(30)31)28(19-21)33-2/h3-6,11-19H,7-10H2,1-2H3,(H,30,31). The molecule has 0 saturated carbocycles. The minimum absolute atomic E-state index is 0.179. The number of ether oxygens (including phenoxy) is 2. The highest BCUT2D eigenvalue weighted by molar-refractivity contribution is 5.91. The van der Waals surface area contributed by atoms with Crippen molar-refractivity contribution in [3.63, 3.8) is 0 Å². The van der Waals surface area contributed by atoms with Gasteiger partial charge in [0.2, 0.25) is 0 Å². The van der Waals surface area contributed by atoms with Crippen molar-refractivity contribution in [3.05, 3.63) is 107 Å². The smallest absolute Gasteiger partial charge is 0.339 e. The van der Waals surface area contributed by atoms with Gasteiger partial charge in [-0.3, -0.25) is 0 Å². The monoisotopic (exact) mass is 440 g/mol. The Morgan fingerprint density at radius 1 is 0.667 bits per heavy atom. The number of aromatic carboxylic acids is 1. The number of hydrogen-bond donors (Lipinski definition) is 1. The van der Waals surface area contributed by atoms with Gasteiger partial charge in [0, 0.05) is 0 Å². The summed E-state index contributed by atoms with van der Waals surface area (Å²) in [5.74, 6) is 0.267. The summed E-state index contributed by atoms with van der Waals surface area (Å²) in [6.45, 7) is 0. The molecule has 0 fully saturated rings. The Bertz CT molecular complexity index is 1280. The molecule has 4 aromatic rings. The number of benzene rings is 4. The van der Waals surface area contributed by atoms with E-state index in [1.807, 2.05) is 12.1 Å². The van der Waals surface area contributed by atoms with Crippen molar-refractivity contribution in [1.29, 1.82) is 0 Å². The second-order valence-corrected chi connectivity index (χ2v) is 8.21. The second-order valence-electron chi connectivity index (χ2n) is 8.21. The molecule has 4 nitrogen and oxygen atoms in total. The Morgan fingerprint density at radius 3 is 1.91 bits per heavy atom. The zero-order valence-electron chi connectivity index (χ0n) is 19.0. The largest absolute Gasteiger partial charge is 0.497 e. The Hall–Kier alpha value is -3.79. The van der Waals surface area contributed by atoms with E-state index in [9.17, 15) is 9.90 Å². The number of carbonyl (C=O) groups is 1. The molecule has 0 amide bonds. The van der Waals surface area contributed by atoms with Gasteiger partial charge in [0.1, 0.15) is 17.1 Å². The molecule has 0 spiro atoms. The first kappa shape index (κ1) is 22.4. The van der Waals surface area contributed by atoms with E-state index in [4.69, 9.17) is 9.47 Å². The maximum absolute atomic E-state index is 11.3. The van der Waals surface area contributed by atoms with Gasteiger partial charge in [0.25, 0.3) is 0 Å². The summed E-state index contributed by atoms with van der Waals surface area (Å²) in [5.41, 5.74) is 4.99. The van der Waals surface area contributed by atoms with E-state index in [0.717, 1.165) is 37.0 Å². The molecule has 0 aliphatic heterocycles. The highest BCUT2D eigenvalue weighted by Gasteiger charge is 2.11. The number of rotatable bonds is 9. The molecular formula is C29H28O4. The number of carboxylic acids is 1. The lowest BCUT2D eigenvalue weighted by molar-refractivity contribution is 0.0693. The fourth-order valence-corrected chi connectivity index (χ4v) is 4.17. The van der Waals surface area contributed by atoms with Crippen LogP contribution in [0.3, 0.4) is 0 Å². The first-order chi connectivity index (χ1) is 16.1. The van der Waals surface area contributed by atoms with Crippen LogP contribution >= 0.6 is 0 Å². The average molecular weight is 441 g/mol. The lowest BCUT2D eigenvalue weighted by atomic mass is 9.97. The highest BCUT2D eigenvalue weighted by atomic mass is 16.5. The van der Waals surface area contributed by atoms with E-state index >= 15 is 0 Å². The van der Waals surface area contributed by atoms with Crippen molar-refractivity contribution in [2.45, 2.75) is 25.7 Å². The topological polar surface area (TPSA) is 55.8 Å². The molecule has 4 aromatic carbocycles. The summed E-state index contributed by atoms with van der Waals surface area (Å²) in [4.78, 5) is 11.3. The molecule has 0 saturated heterocycles. The number of aryl methyl sites for hydroxylation is 4. The molecule has 0 atom stereocenters. The van der Waals surface area contributed by atoms with Crippen LogP contribution in [0.15, 0.2) is 78.9 Å². The summed E-state index contributed by atoms with van der Waals surface area (Å²) in [6, 6.07) is 26.8. The summed E-state index contributed by atoms with van der Waals surface area (Å²) in [5, 5.41) is 11.8. The summed E-state index contributed by atoms with van der Waals surface area (Å²) < 4.78 is 10.8. The fourth-order valence-electron chi connectivity index (χ4n) is 4.17. The van der Waals surface area contributed by atoms with Gasteiger partial charge in [-0.05, 0) is 83.0 Å². The summed E-state index contributed by atoms with van der Waals surface area (Å²) in [6.07, 6.45) is 3.51. The first-order valence-electron chi connectivity index (χ1n) is 11.1. The van der Waals surface area contributed by atoms with Crippen LogP contribution in [-0.2, 0) is 25.7 Å². The molecule has 168 valence electrons. The predicted octanol–water partition coefficient (Wildman–Crippen LogP) is 6.13. The third-order valence-corrected chi connectivity index (χ3v) is 5.98. The maximum Gasteiger partial charge on any atom is 0.339 e. The van der Waals surface area contributed by atoms with E-state index in [-0.39, 0.29) is 5.56 Å². The van der Waals surface area contributed by atoms with Gasteiger partial charge in [-0.15, -0.1) is 0 Å². The lowest BCUT2D eigenvalue weighted by Gasteiger charge is -2.11. The van der Waals surface area contributed by atoms with Gasteiger partial charge in [-0.25, -0.2) is 4.79 Å². The van der Waals surface area contributed by atoms with Crippen LogP contribution in [-0.4, -0.2) is 25.3 Å². The van der Waals surface area contributed by atoms with E-state index < -0.39 is 5.97 Å².